The molecule has 3 N–H and O–H groups in total. The Labute approximate surface area is 165 Å². The third-order valence-electron chi connectivity index (χ3n) is 4.72. The Morgan fingerprint density at radius 1 is 1.25 bits per heavy atom. The minimum absolute atomic E-state index is 0.0288. The highest BCUT2D eigenvalue weighted by Gasteiger charge is 2.15. The number of nitrogens with zero attached hydrogens (tertiary/aromatic N) is 1. The summed E-state index contributed by atoms with van der Waals surface area (Å²) in [4.78, 5) is 16.1. The van der Waals surface area contributed by atoms with Gasteiger partial charge in [-0.05, 0) is 25.8 Å². The van der Waals surface area contributed by atoms with Crippen LogP contribution in [-0.4, -0.2) is 38.1 Å². The summed E-state index contributed by atoms with van der Waals surface area (Å²) in [5.74, 6) is 0.659. The Morgan fingerprint density at radius 2 is 2.00 bits per heavy atom. The van der Waals surface area contributed by atoms with Crippen LogP contribution in [0.3, 0.4) is 0 Å². The van der Waals surface area contributed by atoms with E-state index in [0.29, 0.717) is 30.5 Å². The molecule has 0 atom stereocenters. The van der Waals surface area contributed by atoms with E-state index in [-0.39, 0.29) is 18.2 Å². The molecule has 0 unspecified atom stereocenters. The molecule has 8 heteroatoms. The summed E-state index contributed by atoms with van der Waals surface area (Å²) in [6, 6.07) is 5.34. The number of nitrogens with one attached hydrogen (secondary N) is 3. The first-order chi connectivity index (χ1) is 13.5. The van der Waals surface area contributed by atoms with Crippen molar-refractivity contribution in [1.29, 1.82) is 0 Å². The lowest BCUT2D eigenvalue weighted by atomic mass is 9.95. The van der Waals surface area contributed by atoms with Crippen molar-refractivity contribution in [2.45, 2.75) is 64.6 Å². The molecule has 1 aliphatic rings. The number of aliphatic imine (C=N–C) groups is 1. The predicted molar refractivity (Wildman–Crippen MR) is 106 cm³/mol. The van der Waals surface area contributed by atoms with E-state index in [2.05, 4.69) is 25.7 Å². The van der Waals surface area contributed by atoms with Gasteiger partial charge in [0.05, 0.1) is 0 Å². The van der Waals surface area contributed by atoms with Gasteiger partial charge in [0.1, 0.15) is 5.75 Å². The minimum Gasteiger partial charge on any atom is -0.434 e. The van der Waals surface area contributed by atoms with Crippen LogP contribution in [-0.2, 0) is 11.3 Å². The monoisotopic (exact) mass is 396 g/mol. The SMILES string of the molecule is CN=C(NCCC(=O)NC1CCCCC1)NCc1cc(C)ccc1OC(F)F. The van der Waals surface area contributed by atoms with Crippen LogP contribution in [0.4, 0.5) is 8.78 Å². The van der Waals surface area contributed by atoms with Crippen LogP contribution < -0.4 is 20.7 Å². The third-order valence-corrected chi connectivity index (χ3v) is 4.72. The summed E-state index contributed by atoms with van der Waals surface area (Å²) in [6.07, 6.45) is 6.07. The molecular weight excluding hydrogens is 366 g/mol. The molecule has 0 heterocycles. The fraction of sp³-hybridized carbons (Fsp3) is 0.600. The molecule has 1 amide bonds. The largest absolute Gasteiger partial charge is 0.434 e. The van der Waals surface area contributed by atoms with E-state index in [4.69, 9.17) is 0 Å². The van der Waals surface area contributed by atoms with Crippen LogP contribution >= 0.6 is 0 Å². The van der Waals surface area contributed by atoms with Crippen molar-refractivity contribution in [2.24, 2.45) is 4.99 Å². The van der Waals surface area contributed by atoms with Gasteiger partial charge in [-0.1, -0.05) is 37.0 Å². The van der Waals surface area contributed by atoms with Crippen molar-refractivity contribution in [2.75, 3.05) is 13.6 Å². The fourth-order valence-electron chi connectivity index (χ4n) is 3.30. The van der Waals surface area contributed by atoms with E-state index in [1.54, 1.807) is 19.2 Å². The molecule has 1 saturated carbocycles. The lowest BCUT2D eigenvalue weighted by molar-refractivity contribution is -0.121. The Balaban J connectivity index is 1.77. The summed E-state index contributed by atoms with van der Waals surface area (Å²) >= 11 is 0. The summed E-state index contributed by atoms with van der Waals surface area (Å²) in [5.41, 5.74) is 1.55. The number of amides is 1. The second kappa shape index (κ2) is 11.5. The fourth-order valence-corrected chi connectivity index (χ4v) is 3.30. The summed E-state index contributed by atoms with van der Waals surface area (Å²) in [5, 5.41) is 9.21. The molecule has 2 rings (SSSR count). The molecule has 0 radical (unpaired) electrons. The number of hydrogen-bond donors (Lipinski definition) is 3. The summed E-state index contributed by atoms with van der Waals surface area (Å²) < 4.78 is 29.7. The highest BCUT2D eigenvalue weighted by molar-refractivity contribution is 5.81. The normalized spacial score (nSPS) is 15.4. The van der Waals surface area contributed by atoms with Gasteiger partial charge in [-0.25, -0.2) is 0 Å². The van der Waals surface area contributed by atoms with E-state index >= 15 is 0 Å². The van der Waals surface area contributed by atoms with E-state index in [1.807, 2.05) is 6.92 Å². The maximum absolute atomic E-state index is 12.6. The maximum Gasteiger partial charge on any atom is 0.387 e. The Morgan fingerprint density at radius 3 is 2.68 bits per heavy atom. The standard InChI is InChI=1S/C20H30F2N4O2/c1-14-8-9-17(28-19(21)22)15(12-14)13-25-20(23-2)24-11-10-18(27)26-16-6-4-3-5-7-16/h8-9,12,16,19H,3-7,10-11,13H2,1-2H3,(H,26,27)(H2,23,24,25). The number of carbonyl (C=O) groups is 1. The van der Waals surface area contributed by atoms with Gasteiger partial charge in [-0.15, -0.1) is 0 Å². The Bertz CT molecular complexity index is 662. The predicted octanol–water partition coefficient (Wildman–Crippen LogP) is 3.10. The third kappa shape index (κ3) is 7.70. The van der Waals surface area contributed by atoms with E-state index < -0.39 is 6.61 Å². The number of hydrogen-bond acceptors (Lipinski definition) is 3. The van der Waals surface area contributed by atoms with Crippen LogP contribution in [0.2, 0.25) is 0 Å². The lowest BCUT2D eigenvalue weighted by Gasteiger charge is -2.22. The molecule has 1 fully saturated rings. The number of alkyl halides is 2. The number of ether oxygens (including phenoxy) is 1. The van der Waals surface area contributed by atoms with Crippen LogP contribution in [0.5, 0.6) is 5.75 Å². The van der Waals surface area contributed by atoms with Crippen molar-refractivity contribution >= 4 is 11.9 Å². The van der Waals surface area contributed by atoms with Crippen molar-refractivity contribution < 1.29 is 18.3 Å². The first kappa shape index (κ1) is 21.9. The molecule has 0 spiro atoms. The maximum atomic E-state index is 12.6. The van der Waals surface area contributed by atoms with Gasteiger partial charge >= 0.3 is 6.61 Å². The van der Waals surface area contributed by atoms with Crippen molar-refractivity contribution in [3.05, 3.63) is 29.3 Å². The second-order valence-electron chi connectivity index (χ2n) is 6.99. The zero-order chi connectivity index (χ0) is 20.4. The second-order valence-corrected chi connectivity index (χ2v) is 6.99. The number of halogens is 2. The molecule has 6 nitrogen and oxygen atoms in total. The van der Waals surface area contributed by atoms with E-state index in [1.165, 1.54) is 25.3 Å². The van der Waals surface area contributed by atoms with E-state index in [9.17, 15) is 13.6 Å². The molecule has 0 aromatic heterocycles. The average molecular weight is 396 g/mol. The van der Waals surface area contributed by atoms with Crippen LogP contribution in [0, 0.1) is 6.92 Å². The van der Waals surface area contributed by atoms with Crippen molar-refractivity contribution in [3.63, 3.8) is 0 Å². The highest BCUT2D eigenvalue weighted by Crippen LogP contribution is 2.22. The summed E-state index contributed by atoms with van der Waals surface area (Å²) in [6.45, 7) is -0.279. The molecule has 1 aromatic carbocycles. The molecule has 0 saturated heterocycles. The Kier molecular flexibility index (Phi) is 8.97. The topological polar surface area (TPSA) is 74.8 Å². The number of rotatable bonds is 8. The molecule has 156 valence electrons. The van der Waals surface area contributed by atoms with E-state index in [0.717, 1.165) is 18.4 Å². The first-order valence-electron chi connectivity index (χ1n) is 9.76. The van der Waals surface area contributed by atoms with Crippen LogP contribution in [0.15, 0.2) is 23.2 Å². The van der Waals surface area contributed by atoms with Gasteiger partial charge in [0, 0.05) is 38.2 Å². The molecule has 28 heavy (non-hydrogen) atoms. The van der Waals surface area contributed by atoms with Gasteiger partial charge in [-0.3, -0.25) is 9.79 Å². The van der Waals surface area contributed by atoms with Crippen molar-refractivity contribution in [1.82, 2.24) is 16.0 Å². The molecular formula is C20H30F2N4O2. The first-order valence-corrected chi connectivity index (χ1v) is 9.76. The zero-order valence-corrected chi connectivity index (χ0v) is 16.6. The number of carbonyl (C=O) groups excluding carboxylic acids is 1. The van der Waals surface area contributed by atoms with Gasteiger partial charge in [-0.2, -0.15) is 8.78 Å². The average Bonchev–Trinajstić information content (AvgIpc) is 2.66. The summed E-state index contributed by atoms with van der Waals surface area (Å²) in [7, 11) is 1.62. The van der Waals surface area contributed by atoms with Gasteiger partial charge in [0.25, 0.3) is 0 Å². The van der Waals surface area contributed by atoms with Gasteiger partial charge in [0.2, 0.25) is 5.91 Å². The number of benzene rings is 1. The smallest absolute Gasteiger partial charge is 0.387 e. The van der Waals surface area contributed by atoms with Crippen LogP contribution in [0.25, 0.3) is 0 Å². The molecule has 1 aliphatic carbocycles. The molecule has 1 aromatic rings. The van der Waals surface area contributed by atoms with Gasteiger partial charge < -0.3 is 20.7 Å². The quantitative estimate of drug-likeness (QED) is 0.466. The number of aryl methyl sites for hydroxylation is 1. The highest BCUT2D eigenvalue weighted by atomic mass is 19.3. The molecule has 0 aliphatic heterocycles. The lowest BCUT2D eigenvalue weighted by Crippen LogP contribution is -2.41. The van der Waals surface area contributed by atoms with Crippen molar-refractivity contribution in [3.8, 4) is 5.75 Å². The zero-order valence-electron chi connectivity index (χ0n) is 16.6. The number of guanidine groups is 1. The molecule has 0 bridgehead atoms. The van der Waals surface area contributed by atoms with Gasteiger partial charge in [0.15, 0.2) is 5.96 Å². The minimum atomic E-state index is -2.87. The van der Waals surface area contributed by atoms with Crippen LogP contribution in [0.1, 0.15) is 49.7 Å². The Hall–Kier alpha value is -2.38.